The number of benzene rings is 1. The number of aromatic hydroxyl groups is 1. The van der Waals surface area contributed by atoms with Crippen molar-refractivity contribution in [3.63, 3.8) is 0 Å². The molecule has 3 rings (SSSR count). The van der Waals surface area contributed by atoms with Gasteiger partial charge in [0, 0.05) is 12.1 Å². The molecule has 0 saturated heterocycles. The van der Waals surface area contributed by atoms with Crippen LogP contribution in [0.2, 0.25) is 0 Å². The molecule has 0 aliphatic heterocycles. The van der Waals surface area contributed by atoms with Gasteiger partial charge in [0.25, 0.3) is 0 Å². The third-order valence-corrected chi connectivity index (χ3v) is 4.91. The Hall–Kier alpha value is -1.02. The van der Waals surface area contributed by atoms with Gasteiger partial charge in [0.2, 0.25) is 0 Å². The monoisotopic (exact) mass is 245 g/mol. The molecule has 1 aromatic rings. The van der Waals surface area contributed by atoms with Crippen molar-refractivity contribution in [3.8, 4) is 5.75 Å². The van der Waals surface area contributed by atoms with Crippen LogP contribution in [0.15, 0.2) is 18.2 Å². The van der Waals surface area contributed by atoms with Crippen LogP contribution in [0.1, 0.15) is 56.7 Å². The first-order chi connectivity index (χ1) is 8.58. The molecule has 2 N–H and O–H groups in total. The number of hydrogen-bond donors (Lipinski definition) is 2. The van der Waals surface area contributed by atoms with Gasteiger partial charge in [0.1, 0.15) is 5.75 Å². The highest BCUT2D eigenvalue weighted by Crippen LogP contribution is 2.41. The predicted molar refractivity (Wildman–Crippen MR) is 73.7 cm³/mol. The van der Waals surface area contributed by atoms with Gasteiger partial charge in [-0.3, -0.25) is 0 Å². The fourth-order valence-electron chi connectivity index (χ4n) is 3.69. The van der Waals surface area contributed by atoms with Gasteiger partial charge in [-0.1, -0.05) is 32.4 Å². The zero-order valence-corrected chi connectivity index (χ0v) is 11.4. The van der Waals surface area contributed by atoms with Gasteiger partial charge in [-0.25, -0.2) is 0 Å². The molecule has 98 valence electrons. The Morgan fingerprint density at radius 3 is 2.83 bits per heavy atom. The van der Waals surface area contributed by atoms with Crippen LogP contribution < -0.4 is 5.32 Å². The van der Waals surface area contributed by atoms with Crippen LogP contribution in [-0.2, 0) is 6.42 Å². The van der Waals surface area contributed by atoms with E-state index in [4.69, 9.17) is 0 Å². The van der Waals surface area contributed by atoms with Crippen LogP contribution in [0, 0.1) is 5.41 Å². The number of hydrogen-bond acceptors (Lipinski definition) is 2. The summed E-state index contributed by atoms with van der Waals surface area (Å²) in [6.07, 6.45) is 6.08. The summed E-state index contributed by atoms with van der Waals surface area (Å²) < 4.78 is 0. The van der Waals surface area contributed by atoms with Crippen molar-refractivity contribution in [2.45, 2.75) is 58.0 Å². The van der Waals surface area contributed by atoms with Crippen LogP contribution in [0.5, 0.6) is 5.75 Å². The van der Waals surface area contributed by atoms with Crippen LogP contribution in [-0.4, -0.2) is 11.1 Å². The summed E-state index contributed by atoms with van der Waals surface area (Å²) >= 11 is 0. The molecule has 2 atom stereocenters. The molecule has 1 saturated carbocycles. The SMILES string of the molecule is CC1(C)CCCC1NC1CCc2c(O)cccc21. The van der Waals surface area contributed by atoms with Crippen LogP contribution in [0.25, 0.3) is 0 Å². The molecule has 2 aliphatic carbocycles. The van der Waals surface area contributed by atoms with E-state index in [0.717, 1.165) is 18.4 Å². The van der Waals surface area contributed by atoms with E-state index in [1.165, 1.54) is 24.8 Å². The average molecular weight is 245 g/mol. The summed E-state index contributed by atoms with van der Waals surface area (Å²) in [5, 5.41) is 13.7. The maximum absolute atomic E-state index is 9.88. The Kier molecular flexibility index (Phi) is 2.86. The Morgan fingerprint density at radius 2 is 2.11 bits per heavy atom. The molecule has 0 spiro atoms. The summed E-state index contributed by atoms with van der Waals surface area (Å²) in [4.78, 5) is 0. The first kappa shape index (κ1) is 12.0. The van der Waals surface area contributed by atoms with Gasteiger partial charge >= 0.3 is 0 Å². The van der Waals surface area contributed by atoms with Crippen LogP contribution in [0.4, 0.5) is 0 Å². The van der Waals surface area contributed by atoms with Crippen molar-refractivity contribution >= 4 is 0 Å². The van der Waals surface area contributed by atoms with E-state index in [9.17, 15) is 5.11 Å². The largest absolute Gasteiger partial charge is 0.508 e. The third-order valence-electron chi connectivity index (χ3n) is 4.91. The zero-order valence-electron chi connectivity index (χ0n) is 11.4. The van der Waals surface area contributed by atoms with Crippen molar-refractivity contribution in [3.05, 3.63) is 29.3 Å². The normalized spacial score (nSPS) is 29.4. The second-order valence-electron chi connectivity index (χ2n) is 6.54. The molecule has 0 heterocycles. The molecule has 2 unspecified atom stereocenters. The molecular formula is C16H23NO. The quantitative estimate of drug-likeness (QED) is 0.835. The highest BCUT2D eigenvalue weighted by atomic mass is 16.3. The number of phenols is 1. The van der Waals surface area contributed by atoms with Crippen LogP contribution in [0.3, 0.4) is 0 Å². The van der Waals surface area contributed by atoms with Gasteiger partial charge in [-0.2, -0.15) is 0 Å². The lowest BCUT2D eigenvalue weighted by Gasteiger charge is -2.31. The zero-order chi connectivity index (χ0) is 12.8. The van der Waals surface area contributed by atoms with Gasteiger partial charge in [0.05, 0.1) is 0 Å². The van der Waals surface area contributed by atoms with E-state index in [2.05, 4.69) is 25.2 Å². The second kappa shape index (κ2) is 4.27. The second-order valence-corrected chi connectivity index (χ2v) is 6.54. The number of nitrogens with one attached hydrogen (secondary N) is 1. The maximum atomic E-state index is 9.88. The van der Waals surface area contributed by atoms with Crippen molar-refractivity contribution in [2.75, 3.05) is 0 Å². The van der Waals surface area contributed by atoms with E-state index >= 15 is 0 Å². The van der Waals surface area contributed by atoms with E-state index < -0.39 is 0 Å². The lowest BCUT2D eigenvalue weighted by molar-refractivity contribution is 0.261. The predicted octanol–water partition coefficient (Wildman–Crippen LogP) is 3.55. The Labute approximate surface area is 109 Å². The first-order valence-electron chi connectivity index (χ1n) is 7.15. The fourth-order valence-corrected chi connectivity index (χ4v) is 3.69. The number of fused-ring (bicyclic) bond motifs is 1. The Balaban J connectivity index is 1.79. The van der Waals surface area contributed by atoms with Crippen molar-refractivity contribution in [2.24, 2.45) is 5.41 Å². The van der Waals surface area contributed by atoms with Gasteiger partial charge in [0.15, 0.2) is 0 Å². The minimum absolute atomic E-state index is 0.416. The van der Waals surface area contributed by atoms with Crippen molar-refractivity contribution < 1.29 is 5.11 Å². The summed E-state index contributed by atoms with van der Waals surface area (Å²) in [7, 11) is 0. The topological polar surface area (TPSA) is 32.3 Å². The number of rotatable bonds is 2. The van der Waals surface area contributed by atoms with E-state index in [1.807, 2.05) is 6.07 Å². The average Bonchev–Trinajstić information content (AvgIpc) is 2.86. The minimum Gasteiger partial charge on any atom is -0.508 e. The van der Waals surface area contributed by atoms with Gasteiger partial charge in [-0.15, -0.1) is 0 Å². The van der Waals surface area contributed by atoms with Crippen molar-refractivity contribution in [1.82, 2.24) is 5.32 Å². The molecule has 0 amide bonds. The molecule has 0 bridgehead atoms. The standard InChI is InChI=1S/C16H23NO/c1-16(2)10-4-7-15(16)17-13-9-8-12-11(13)5-3-6-14(12)18/h3,5-6,13,15,17-18H,4,7-10H2,1-2H3. The van der Waals surface area contributed by atoms with Gasteiger partial charge in [-0.05, 0) is 48.3 Å². The highest BCUT2D eigenvalue weighted by molar-refractivity contribution is 5.44. The lowest BCUT2D eigenvalue weighted by atomic mass is 9.86. The summed E-state index contributed by atoms with van der Waals surface area (Å²) in [6.45, 7) is 4.74. The summed E-state index contributed by atoms with van der Waals surface area (Å²) in [5.74, 6) is 0.475. The molecule has 2 heteroatoms. The minimum atomic E-state index is 0.416. The molecule has 18 heavy (non-hydrogen) atoms. The van der Waals surface area contributed by atoms with Crippen LogP contribution >= 0.6 is 0 Å². The van der Waals surface area contributed by atoms with E-state index in [-0.39, 0.29) is 0 Å². The lowest BCUT2D eigenvalue weighted by Crippen LogP contribution is -2.39. The molecule has 2 nitrogen and oxygen atoms in total. The molecule has 1 aromatic carbocycles. The molecule has 2 aliphatic rings. The fraction of sp³-hybridized carbons (Fsp3) is 0.625. The maximum Gasteiger partial charge on any atom is 0.119 e. The smallest absolute Gasteiger partial charge is 0.119 e. The van der Waals surface area contributed by atoms with Crippen molar-refractivity contribution in [1.29, 1.82) is 0 Å². The third kappa shape index (κ3) is 1.93. The Bertz CT molecular complexity index is 452. The highest BCUT2D eigenvalue weighted by Gasteiger charge is 2.37. The molecular weight excluding hydrogens is 222 g/mol. The van der Waals surface area contributed by atoms with Gasteiger partial charge < -0.3 is 10.4 Å². The van der Waals surface area contributed by atoms with E-state index in [1.54, 1.807) is 6.07 Å². The molecule has 1 fully saturated rings. The summed E-state index contributed by atoms with van der Waals surface area (Å²) in [5.41, 5.74) is 2.89. The van der Waals surface area contributed by atoms with E-state index in [0.29, 0.717) is 23.2 Å². The number of phenolic OH excluding ortho intramolecular Hbond substituents is 1. The first-order valence-corrected chi connectivity index (χ1v) is 7.15. The molecule has 0 radical (unpaired) electrons. The summed E-state index contributed by atoms with van der Waals surface area (Å²) in [6, 6.07) is 7.00. The molecule has 0 aromatic heterocycles. The Morgan fingerprint density at radius 1 is 1.28 bits per heavy atom.